The summed E-state index contributed by atoms with van der Waals surface area (Å²) in [5.74, 6) is 0. The van der Waals surface area contributed by atoms with Gasteiger partial charge in [0.2, 0.25) is 0 Å². The first-order valence-corrected chi connectivity index (χ1v) is 7.67. The molecule has 114 valence electrons. The molecule has 1 aromatic heterocycles. The minimum atomic E-state index is -0.350. The van der Waals surface area contributed by atoms with Crippen LogP contribution in [0.1, 0.15) is 33.3 Å². The molecular weight excluding hydrogens is 273 g/mol. The Morgan fingerprint density at radius 3 is 2.27 bits per heavy atom. The van der Waals surface area contributed by atoms with Gasteiger partial charge in [-0.15, -0.1) is 0 Å². The summed E-state index contributed by atoms with van der Waals surface area (Å²) in [5, 5.41) is 0. The first kappa shape index (κ1) is 15.3. The van der Waals surface area contributed by atoms with Crippen LogP contribution in [-0.2, 0) is 9.31 Å². The molecule has 1 fully saturated rings. The van der Waals surface area contributed by atoms with Gasteiger partial charge in [0.15, 0.2) is 0 Å². The molecule has 1 aliphatic heterocycles. The molecular formula is C18H22BNO2. The normalized spacial score (nSPS) is 19.4. The van der Waals surface area contributed by atoms with Crippen molar-refractivity contribution >= 4 is 12.6 Å². The van der Waals surface area contributed by atoms with E-state index in [0.717, 1.165) is 16.7 Å². The first-order valence-electron chi connectivity index (χ1n) is 7.67. The quantitative estimate of drug-likeness (QED) is 0.796. The predicted molar refractivity (Wildman–Crippen MR) is 90.1 cm³/mol. The molecule has 3 nitrogen and oxygen atoms in total. The Morgan fingerprint density at radius 1 is 0.955 bits per heavy atom. The topological polar surface area (TPSA) is 31.4 Å². The molecule has 1 aromatic carbocycles. The highest BCUT2D eigenvalue weighted by Crippen LogP contribution is 2.36. The number of aryl methyl sites for hydroxylation is 1. The fraction of sp³-hybridized carbons (Fsp3) is 0.389. The van der Waals surface area contributed by atoms with Crippen LogP contribution >= 0.6 is 0 Å². The number of pyridine rings is 1. The van der Waals surface area contributed by atoms with Crippen molar-refractivity contribution in [1.29, 1.82) is 0 Å². The van der Waals surface area contributed by atoms with Crippen LogP contribution in [0.3, 0.4) is 0 Å². The van der Waals surface area contributed by atoms with E-state index in [1.807, 2.05) is 18.3 Å². The van der Waals surface area contributed by atoms with Gasteiger partial charge in [-0.3, -0.25) is 4.98 Å². The van der Waals surface area contributed by atoms with Crippen LogP contribution in [0, 0.1) is 6.92 Å². The molecule has 0 amide bonds. The van der Waals surface area contributed by atoms with Crippen LogP contribution in [0.15, 0.2) is 42.6 Å². The summed E-state index contributed by atoms with van der Waals surface area (Å²) >= 11 is 0. The second kappa shape index (κ2) is 5.22. The van der Waals surface area contributed by atoms with Gasteiger partial charge in [0.05, 0.1) is 16.9 Å². The molecule has 2 heterocycles. The average Bonchev–Trinajstić information content (AvgIpc) is 2.68. The van der Waals surface area contributed by atoms with E-state index in [0.29, 0.717) is 0 Å². The van der Waals surface area contributed by atoms with E-state index in [1.54, 1.807) is 0 Å². The zero-order valence-electron chi connectivity index (χ0n) is 13.9. The molecule has 1 aliphatic rings. The number of nitrogens with zero attached hydrogens (tertiary/aromatic N) is 1. The Kier molecular flexibility index (Phi) is 3.62. The number of benzene rings is 1. The molecule has 0 saturated carbocycles. The Morgan fingerprint density at radius 2 is 1.64 bits per heavy atom. The van der Waals surface area contributed by atoms with E-state index < -0.39 is 0 Å². The molecule has 1 saturated heterocycles. The monoisotopic (exact) mass is 295 g/mol. The Hall–Kier alpha value is -1.65. The van der Waals surface area contributed by atoms with Gasteiger partial charge in [0, 0.05) is 11.8 Å². The van der Waals surface area contributed by atoms with Gasteiger partial charge in [-0.2, -0.15) is 0 Å². The van der Waals surface area contributed by atoms with E-state index in [4.69, 9.17) is 9.31 Å². The van der Waals surface area contributed by atoms with Crippen LogP contribution in [0.2, 0.25) is 0 Å². The summed E-state index contributed by atoms with van der Waals surface area (Å²) in [4.78, 5) is 4.48. The van der Waals surface area contributed by atoms with Crippen molar-refractivity contribution < 1.29 is 9.31 Å². The molecule has 0 bridgehead atoms. The standard InChI is InChI=1S/C18H22BNO2/c1-13-7-6-8-14(11-13)16-12-15(9-10-20-16)19-21-17(2,3)18(4,5)22-19/h6-12H,1-5H3. The summed E-state index contributed by atoms with van der Waals surface area (Å²) in [6.45, 7) is 10.3. The van der Waals surface area contributed by atoms with Gasteiger partial charge >= 0.3 is 7.12 Å². The van der Waals surface area contributed by atoms with Crippen molar-refractivity contribution in [2.75, 3.05) is 0 Å². The molecule has 0 atom stereocenters. The fourth-order valence-electron chi connectivity index (χ4n) is 2.53. The van der Waals surface area contributed by atoms with Gasteiger partial charge in [0.25, 0.3) is 0 Å². The second-order valence-electron chi connectivity index (χ2n) is 6.93. The maximum Gasteiger partial charge on any atom is 0.494 e. The molecule has 0 radical (unpaired) electrons. The number of hydrogen-bond acceptors (Lipinski definition) is 3. The Bertz CT molecular complexity index is 681. The van der Waals surface area contributed by atoms with E-state index in [2.05, 4.69) is 63.9 Å². The lowest BCUT2D eigenvalue weighted by atomic mass is 9.79. The van der Waals surface area contributed by atoms with Crippen molar-refractivity contribution in [3.05, 3.63) is 48.2 Å². The summed E-state index contributed by atoms with van der Waals surface area (Å²) in [5.41, 5.74) is 3.62. The lowest BCUT2D eigenvalue weighted by molar-refractivity contribution is 0.00578. The van der Waals surface area contributed by atoms with Crippen LogP contribution in [-0.4, -0.2) is 23.3 Å². The van der Waals surface area contributed by atoms with Crippen molar-refractivity contribution in [2.45, 2.75) is 45.8 Å². The molecule has 2 aromatic rings. The molecule has 22 heavy (non-hydrogen) atoms. The highest BCUT2D eigenvalue weighted by molar-refractivity contribution is 6.62. The third-order valence-corrected chi connectivity index (χ3v) is 4.62. The number of hydrogen-bond donors (Lipinski definition) is 0. The van der Waals surface area contributed by atoms with E-state index in [9.17, 15) is 0 Å². The lowest BCUT2D eigenvalue weighted by Gasteiger charge is -2.32. The Labute approximate surface area is 132 Å². The zero-order chi connectivity index (χ0) is 16.0. The molecule has 0 aliphatic carbocycles. The molecule has 3 rings (SSSR count). The predicted octanol–water partition coefficient (Wildman–Crippen LogP) is 3.36. The van der Waals surface area contributed by atoms with E-state index in [-0.39, 0.29) is 18.3 Å². The van der Waals surface area contributed by atoms with Gasteiger partial charge in [-0.1, -0.05) is 23.8 Å². The number of rotatable bonds is 2. The highest BCUT2D eigenvalue weighted by Gasteiger charge is 2.51. The van der Waals surface area contributed by atoms with E-state index in [1.165, 1.54) is 5.56 Å². The highest BCUT2D eigenvalue weighted by atomic mass is 16.7. The maximum absolute atomic E-state index is 6.11. The first-order chi connectivity index (χ1) is 10.3. The SMILES string of the molecule is Cc1cccc(-c2cc(B3OC(C)(C)C(C)(C)O3)ccn2)c1. The minimum Gasteiger partial charge on any atom is -0.399 e. The van der Waals surface area contributed by atoms with Crippen LogP contribution < -0.4 is 5.46 Å². The minimum absolute atomic E-state index is 0.329. The smallest absolute Gasteiger partial charge is 0.399 e. The third kappa shape index (κ3) is 2.69. The van der Waals surface area contributed by atoms with Crippen molar-refractivity contribution in [2.24, 2.45) is 0 Å². The van der Waals surface area contributed by atoms with Crippen LogP contribution in [0.4, 0.5) is 0 Å². The second-order valence-corrected chi connectivity index (χ2v) is 6.93. The van der Waals surface area contributed by atoms with Gasteiger partial charge in [-0.05, 0) is 58.3 Å². The summed E-state index contributed by atoms with van der Waals surface area (Å²) in [6.07, 6.45) is 1.82. The van der Waals surface area contributed by atoms with Gasteiger partial charge in [-0.25, -0.2) is 0 Å². The van der Waals surface area contributed by atoms with E-state index >= 15 is 0 Å². The zero-order valence-corrected chi connectivity index (χ0v) is 13.9. The molecule has 0 N–H and O–H groups in total. The third-order valence-electron chi connectivity index (χ3n) is 4.62. The maximum atomic E-state index is 6.11. The van der Waals surface area contributed by atoms with Gasteiger partial charge in [0.1, 0.15) is 0 Å². The molecule has 0 unspecified atom stereocenters. The average molecular weight is 295 g/mol. The lowest BCUT2D eigenvalue weighted by Crippen LogP contribution is -2.41. The Balaban J connectivity index is 1.93. The summed E-state index contributed by atoms with van der Waals surface area (Å²) in [7, 11) is -0.350. The van der Waals surface area contributed by atoms with Gasteiger partial charge < -0.3 is 9.31 Å². The van der Waals surface area contributed by atoms with Crippen LogP contribution in [0.5, 0.6) is 0 Å². The fourth-order valence-corrected chi connectivity index (χ4v) is 2.53. The van der Waals surface area contributed by atoms with Crippen molar-refractivity contribution in [3.8, 4) is 11.3 Å². The van der Waals surface area contributed by atoms with Crippen molar-refractivity contribution in [3.63, 3.8) is 0 Å². The largest absolute Gasteiger partial charge is 0.494 e. The summed E-state index contributed by atoms with van der Waals surface area (Å²) < 4.78 is 12.2. The molecule has 0 spiro atoms. The van der Waals surface area contributed by atoms with Crippen LogP contribution in [0.25, 0.3) is 11.3 Å². The van der Waals surface area contributed by atoms with Crippen molar-refractivity contribution in [1.82, 2.24) is 4.98 Å². The summed E-state index contributed by atoms with van der Waals surface area (Å²) in [6, 6.07) is 12.4. The number of aromatic nitrogens is 1. The molecule has 4 heteroatoms.